The summed E-state index contributed by atoms with van der Waals surface area (Å²) in [4.78, 5) is 15.6. The first kappa shape index (κ1) is 16.9. The lowest BCUT2D eigenvalue weighted by molar-refractivity contribution is -0.125. The molecule has 0 saturated carbocycles. The average molecular weight is 294 g/mol. The van der Waals surface area contributed by atoms with E-state index in [4.69, 9.17) is 5.73 Å². The first-order valence-electron chi connectivity index (χ1n) is 6.92. The number of guanidine groups is 1. The number of nitrogens with zero attached hydrogens (tertiary/aromatic N) is 1. The van der Waals surface area contributed by atoms with Crippen LogP contribution < -0.4 is 16.4 Å². The molecule has 0 radical (unpaired) electrons. The fourth-order valence-electron chi connectivity index (χ4n) is 1.52. The summed E-state index contributed by atoms with van der Waals surface area (Å²) in [6.07, 6.45) is 0. The summed E-state index contributed by atoms with van der Waals surface area (Å²) in [6, 6.07) is 6.50. The lowest BCUT2D eigenvalue weighted by Crippen LogP contribution is -2.46. The number of halogens is 1. The van der Waals surface area contributed by atoms with Gasteiger partial charge in [0.2, 0.25) is 5.91 Å². The fraction of sp³-hybridized carbons (Fsp3) is 0.467. The zero-order valence-electron chi connectivity index (χ0n) is 12.7. The lowest BCUT2D eigenvalue weighted by Gasteiger charge is -2.22. The van der Waals surface area contributed by atoms with Crippen LogP contribution in [0.25, 0.3) is 0 Å². The van der Waals surface area contributed by atoms with Crippen LogP contribution in [0.1, 0.15) is 26.3 Å². The maximum atomic E-state index is 13.5. The Morgan fingerprint density at radius 2 is 2.00 bits per heavy atom. The van der Waals surface area contributed by atoms with E-state index in [0.29, 0.717) is 24.6 Å². The molecule has 1 aromatic rings. The third-order valence-corrected chi connectivity index (χ3v) is 3.07. The Morgan fingerprint density at radius 3 is 2.57 bits per heavy atom. The molecule has 0 aliphatic heterocycles. The fourth-order valence-corrected chi connectivity index (χ4v) is 1.52. The molecule has 0 heterocycles. The summed E-state index contributed by atoms with van der Waals surface area (Å²) >= 11 is 0. The second-order valence-electron chi connectivity index (χ2n) is 5.39. The number of primary amides is 1. The van der Waals surface area contributed by atoms with Gasteiger partial charge in [-0.25, -0.2) is 9.38 Å². The number of amides is 1. The van der Waals surface area contributed by atoms with Crippen LogP contribution in [-0.2, 0) is 11.3 Å². The van der Waals surface area contributed by atoms with Crippen molar-refractivity contribution in [3.05, 3.63) is 35.6 Å². The average Bonchev–Trinajstić information content (AvgIpc) is 2.43. The third-order valence-electron chi connectivity index (χ3n) is 3.07. The molecule has 0 fully saturated rings. The van der Waals surface area contributed by atoms with E-state index >= 15 is 0 Å². The highest BCUT2D eigenvalue weighted by atomic mass is 19.1. The molecule has 0 atom stereocenters. The van der Waals surface area contributed by atoms with Crippen molar-refractivity contribution in [3.63, 3.8) is 0 Å². The van der Waals surface area contributed by atoms with Crippen molar-refractivity contribution in [1.82, 2.24) is 10.6 Å². The second kappa shape index (κ2) is 7.61. The minimum atomic E-state index is -0.686. The number of nitrogens with two attached hydrogens (primary N) is 1. The van der Waals surface area contributed by atoms with Crippen molar-refractivity contribution < 1.29 is 9.18 Å². The first-order chi connectivity index (χ1) is 9.86. The van der Waals surface area contributed by atoms with E-state index in [0.717, 1.165) is 0 Å². The van der Waals surface area contributed by atoms with E-state index in [-0.39, 0.29) is 18.3 Å². The normalized spacial score (nSPS) is 12.1. The van der Waals surface area contributed by atoms with Crippen molar-refractivity contribution in [2.75, 3.05) is 13.1 Å². The smallest absolute Gasteiger partial charge is 0.224 e. The Morgan fingerprint density at radius 1 is 1.33 bits per heavy atom. The molecular weight excluding hydrogens is 271 g/mol. The molecule has 1 rings (SSSR count). The van der Waals surface area contributed by atoms with Gasteiger partial charge >= 0.3 is 0 Å². The monoisotopic (exact) mass is 294 g/mol. The number of nitrogens with one attached hydrogen (secondary N) is 2. The summed E-state index contributed by atoms with van der Waals surface area (Å²) in [5, 5.41) is 6.10. The molecule has 0 aliphatic carbocycles. The molecule has 21 heavy (non-hydrogen) atoms. The van der Waals surface area contributed by atoms with Gasteiger partial charge in [0, 0.05) is 18.7 Å². The van der Waals surface area contributed by atoms with Crippen LogP contribution in [0.3, 0.4) is 0 Å². The van der Waals surface area contributed by atoms with Crippen molar-refractivity contribution in [3.8, 4) is 0 Å². The Hall–Kier alpha value is -2.11. The zero-order chi connectivity index (χ0) is 15.9. The summed E-state index contributed by atoms with van der Waals surface area (Å²) in [7, 11) is 0. The predicted octanol–water partition coefficient (Wildman–Crippen LogP) is 1.39. The highest BCUT2D eigenvalue weighted by Gasteiger charge is 2.24. The van der Waals surface area contributed by atoms with Gasteiger partial charge in [-0.05, 0) is 26.8 Å². The topological polar surface area (TPSA) is 79.5 Å². The lowest BCUT2D eigenvalue weighted by atomic mass is 9.93. The van der Waals surface area contributed by atoms with Gasteiger partial charge in [0.15, 0.2) is 5.96 Å². The van der Waals surface area contributed by atoms with E-state index in [1.54, 1.807) is 32.0 Å². The van der Waals surface area contributed by atoms with Crippen molar-refractivity contribution >= 4 is 11.9 Å². The summed E-state index contributed by atoms with van der Waals surface area (Å²) < 4.78 is 13.5. The molecule has 1 amide bonds. The molecule has 6 heteroatoms. The molecule has 1 aromatic carbocycles. The molecular formula is C15H23FN4O. The Kier molecular flexibility index (Phi) is 6.14. The summed E-state index contributed by atoms with van der Waals surface area (Å²) in [6.45, 7) is 6.68. The van der Waals surface area contributed by atoms with Crippen molar-refractivity contribution in [2.24, 2.45) is 16.1 Å². The number of aliphatic imine (C=N–C) groups is 1. The van der Waals surface area contributed by atoms with Gasteiger partial charge < -0.3 is 16.4 Å². The van der Waals surface area contributed by atoms with Crippen LogP contribution in [0.5, 0.6) is 0 Å². The number of rotatable bonds is 6. The van der Waals surface area contributed by atoms with Crippen LogP contribution in [0.15, 0.2) is 29.3 Å². The standard InChI is InChI=1S/C15H23FN4O/c1-4-18-14(20-10-15(2,3)13(17)21)19-9-11-7-5-6-8-12(11)16/h5-8H,4,9-10H2,1-3H3,(H2,17,21)(H2,18,19,20). The van der Waals surface area contributed by atoms with Crippen LogP contribution in [0, 0.1) is 11.2 Å². The number of hydrogen-bond acceptors (Lipinski definition) is 2. The van der Waals surface area contributed by atoms with Crippen LogP contribution in [0.2, 0.25) is 0 Å². The van der Waals surface area contributed by atoms with Crippen LogP contribution in [0.4, 0.5) is 4.39 Å². The van der Waals surface area contributed by atoms with E-state index in [9.17, 15) is 9.18 Å². The molecule has 5 nitrogen and oxygen atoms in total. The van der Waals surface area contributed by atoms with Gasteiger partial charge in [-0.2, -0.15) is 0 Å². The number of benzene rings is 1. The van der Waals surface area contributed by atoms with Crippen LogP contribution in [-0.4, -0.2) is 25.0 Å². The van der Waals surface area contributed by atoms with E-state index in [2.05, 4.69) is 15.6 Å². The van der Waals surface area contributed by atoms with Gasteiger partial charge in [0.05, 0.1) is 12.0 Å². The molecule has 116 valence electrons. The number of hydrogen-bond donors (Lipinski definition) is 3. The van der Waals surface area contributed by atoms with Gasteiger partial charge in [-0.1, -0.05) is 18.2 Å². The molecule has 0 unspecified atom stereocenters. The van der Waals surface area contributed by atoms with E-state index in [1.165, 1.54) is 6.07 Å². The van der Waals surface area contributed by atoms with Crippen molar-refractivity contribution in [1.29, 1.82) is 0 Å². The summed E-state index contributed by atoms with van der Waals surface area (Å²) in [5.74, 6) is -0.149. The number of carbonyl (C=O) groups is 1. The van der Waals surface area contributed by atoms with Gasteiger partial charge in [-0.3, -0.25) is 4.79 Å². The van der Waals surface area contributed by atoms with E-state index in [1.807, 2.05) is 6.92 Å². The number of carbonyl (C=O) groups excluding carboxylic acids is 1. The molecule has 0 aromatic heterocycles. The van der Waals surface area contributed by atoms with Crippen molar-refractivity contribution in [2.45, 2.75) is 27.3 Å². The SMILES string of the molecule is CCNC(=NCc1ccccc1F)NCC(C)(C)C(N)=O. The summed E-state index contributed by atoms with van der Waals surface area (Å²) in [5.41, 5.74) is 5.16. The molecule has 0 aliphatic rings. The highest BCUT2D eigenvalue weighted by molar-refractivity contribution is 5.83. The van der Waals surface area contributed by atoms with Crippen LogP contribution >= 0.6 is 0 Å². The Bertz CT molecular complexity index is 514. The second-order valence-corrected chi connectivity index (χ2v) is 5.39. The van der Waals surface area contributed by atoms with Gasteiger partial charge in [0.1, 0.15) is 5.82 Å². The predicted molar refractivity (Wildman–Crippen MR) is 82.2 cm³/mol. The first-order valence-corrected chi connectivity index (χ1v) is 6.92. The largest absolute Gasteiger partial charge is 0.369 e. The highest BCUT2D eigenvalue weighted by Crippen LogP contribution is 2.12. The Labute approximate surface area is 124 Å². The zero-order valence-corrected chi connectivity index (χ0v) is 12.7. The van der Waals surface area contributed by atoms with Gasteiger partial charge in [-0.15, -0.1) is 0 Å². The third kappa shape index (κ3) is 5.41. The van der Waals surface area contributed by atoms with E-state index < -0.39 is 5.41 Å². The molecule has 0 bridgehead atoms. The Balaban J connectivity index is 2.71. The minimum absolute atomic E-state index is 0.221. The maximum Gasteiger partial charge on any atom is 0.224 e. The molecule has 0 saturated heterocycles. The molecule has 4 N–H and O–H groups in total. The maximum absolute atomic E-state index is 13.5. The minimum Gasteiger partial charge on any atom is -0.369 e. The quantitative estimate of drug-likeness (QED) is 0.548. The van der Waals surface area contributed by atoms with Gasteiger partial charge in [0.25, 0.3) is 0 Å². The molecule has 0 spiro atoms.